The van der Waals surface area contributed by atoms with Gasteiger partial charge in [-0.2, -0.15) is 0 Å². The molecule has 116 valence electrons. The zero-order chi connectivity index (χ0) is 15.0. The average Bonchev–Trinajstić information content (AvgIpc) is 2.61. The molecule has 3 nitrogen and oxygen atoms in total. The molecule has 22 heavy (non-hydrogen) atoms. The largest absolute Gasteiger partial charge is 0.300 e. The van der Waals surface area contributed by atoms with Crippen molar-refractivity contribution in [3.63, 3.8) is 0 Å². The van der Waals surface area contributed by atoms with Crippen LogP contribution in [0.25, 0.3) is 0 Å². The molecule has 0 amide bonds. The summed E-state index contributed by atoms with van der Waals surface area (Å²) >= 11 is 0. The predicted molar refractivity (Wildman–Crippen MR) is 89.7 cm³/mol. The molecule has 2 aromatic rings. The minimum atomic E-state index is 0.708. The van der Waals surface area contributed by atoms with Crippen LogP contribution in [0.2, 0.25) is 0 Å². The number of rotatable bonds is 6. The van der Waals surface area contributed by atoms with Crippen molar-refractivity contribution in [2.75, 3.05) is 13.1 Å². The van der Waals surface area contributed by atoms with Crippen LogP contribution in [0.15, 0.2) is 48.8 Å². The maximum absolute atomic E-state index is 4.45. The lowest BCUT2D eigenvalue weighted by Crippen LogP contribution is -2.41. The first-order valence-corrected chi connectivity index (χ1v) is 8.46. The molecule has 1 atom stereocenters. The van der Waals surface area contributed by atoms with Gasteiger partial charge in [-0.3, -0.25) is 14.9 Å². The Morgan fingerprint density at radius 2 is 1.64 bits per heavy atom. The van der Waals surface area contributed by atoms with Gasteiger partial charge in [-0.15, -0.1) is 0 Å². The Labute approximate surface area is 133 Å². The van der Waals surface area contributed by atoms with Gasteiger partial charge in [0, 0.05) is 42.8 Å². The Kier molecular flexibility index (Phi) is 5.54. The molecule has 0 aromatic carbocycles. The molecule has 2 aromatic heterocycles. The highest BCUT2D eigenvalue weighted by Gasteiger charge is 2.21. The molecule has 3 rings (SSSR count). The molecule has 0 aliphatic carbocycles. The smallest absolute Gasteiger partial charge is 0.0416 e. The molecule has 3 heteroatoms. The summed E-state index contributed by atoms with van der Waals surface area (Å²) in [5.41, 5.74) is 2.43. The van der Waals surface area contributed by atoms with Crippen LogP contribution in [-0.2, 0) is 12.8 Å². The average molecular weight is 295 g/mol. The molecule has 0 radical (unpaired) electrons. The van der Waals surface area contributed by atoms with E-state index in [0.29, 0.717) is 6.04 Å². The number of aromatic nitrogens is 2. The fraction of sp³-hybridized carbons (Fsp3) is 0.474. The molecule has 1 saturated heterocycles. The van der Waals surface area contributed by atoms with Gasteiger partial charge in [0.15, 0.2) is 0 Å². The lowest BCUT2D eigenvalue weighted by atomic mass is 9.96. The van der Waals surface area contributed by atoms with Crippen molar-refractivity contribution in [3.05, 3.63) is 60.2 Å². The molecular formula is C19H25N3. The molecule has 0 N–H and O–H groups in total. The van der Waals surface area contributed by atoms with Gasteiger partial charge < -0.3 is 0 Å². The highest BCUT2D eigenvalue weighted by molar-refractivity contribution is 5.05. The van der Waals surface area contributed by atoms with E-state index < -0.39 is 0 Å². The molecule has 0 spiro atoms. The summed E-state index contributed by atoms with van der Waals surface area (Å²) in [6.07, 6.45) is 11.2. The van der Waals surface area contributed by atoms with Gasteiger partial charge in [-0.25, -0.2) is 0 Å². The van der Waals surface area contributed by atoms with Crippen molar-refractivity contribution in [1.29, 1.82) is 0 Å². The zero-order valence-electron chi connectivity index (χ0n) is 13.2. The molecule has 3 heterocycles. The lowest BCUT2D eigenvalue weighted by molar-refractivity contribution is 0.141. The van der Waals surface area contributed by atoms with E-state index in [1.165, 1.54) is 43.6 Å². The normalized spacial score (nSPS) is 19.2. The molecule has 0 bridgehead atoms. The third kappa shape index (κ3) is 4.38. The molecule has 1 aliphatic heterocycles. The third-order valence-electron chi connectivity index (χ3n) is 4.59. The molecule has 1 fully saturated rings. The standard InChI is InChI=1S/C19H25N3/c1-4-13-20-17(7-1)10-11-19-9-3-6-15-22(19)16-12-18-8-2-5-14-21-18/h1-2,4-5,7-8,13-14,19H,3,6,9-12,15-16H2/t19-/m0/s1. The summed E-state index contributed by atoms with van der Waals surface area (Å²) in [7, 11) is 0. The fourth-order valence-electron chi connectivity index (χ4n) is 3.35. The lowest BCUT2D eigenvalue weighted by Gasteiger charge is -2.35. The monoisotopic (exact) mass is 295 g/mol. The van der Waals surface area contributed by atoms with Crippen molar-refractivity contribution in [2.24, 2.45) is 0 Å². The molecule has 0 unspecified atom stereocenters. The van der Waals surface area contributed by atoms with Crippen LogP contribution >= 0.6 is 0 Å². The summed E-state index contributed by atoms with van der Waals surface area (Å²) in [5.74, 6) is 0. The number of likely N-dealkylation sites (tertiary alicyclic amines) is 1. The summed E-state index contributed by atoms with van der Waals surface area (Å²) < 4.78 is 0. The van der Waals surface area contributed by atoms with E-state index in [2.05, 4.69) is 39.1 Å². The van der Waals surface area contributed by atoms with Crippen molar-refractivity contribution in [3.8, 4) is 0 Å². The van der Waals surface area contributed by atoms with Gasteiger partial charge in [0.05, 0.1) is 0 Å². The van der Waals surface area contributed by atoms with Gasteiger partial charge in [-0.05, 0) is 56.5 Å². The number of aryl methyl sites for hydroxylation is 1. The Bertz CT molecular complexity index is 490. The van der Waals surface area contributed by atoms with Gasteiger partial charge in [0.2, 0.25) is 0 Å². The predicted octanol–water partition coefficient (Wildman–Crippen LogP) is 3.51. The maximum atomic E-state index is 4.45. The van der Waals surface area contributed by atoms with Crippen LogP contribution < -0.4 is 0 Å². The number of piperidine rings is 1. The minimum absolute atomic E-state index is 0.708. The first-order valence-electron chi connectivity index (χ1n) is 8.46. The summed E-state index contributed by atoms with van der Waals surface area (Å²) in [6, 6.07) is 13.1. The number of nitrogens with zero attached hydrogens (tertiary/aromatic N) is 3. The first kappa shape index (κ1) is 15.2. The van der Waals surface area contributed by atoms with Gasteiger partial charge in [-0.1, -0.05) is 18.6 Å². The van der Waals surface area contributed by atoms with Crippen molar-refractivity contribution in [1.82, 2.24) is 14.9 Å². The Morgan fingerprint density at radius 3 is 2.32 bits per heavy atom. The Hall–Kier alpha value is -1.74. The fourth-order valence-corrected chi connectivity index (χ4v) is 3.35. The van der Waals surface area contributed by atoms with E-state index in [0.717, 1.165) is 19.4 Å². The van der Waals surface area contributed by atoms with Crippen LogP contribution in [0.5, 0.6) is 0 Å². The molecule has 0 saturated carbocycles. The van der Waals surface area contributed by atoms with Gasteiger partial charge in [0.1, 0.15) is 0 Å². The van der Waals surface area contributed by atoms with Crippen LogP contribution in [0.4, 0.5) is 0 Å². The zero-order valence-corrected chi connectivity index (χ0v) is 13.2. The first-order chi connectivity index (χ1) is 10.9. The van der Waals surface area contributed by atoms with E-state index in [-0.39, 0.29) is 0 Å². The van der Waals surface area contributed by atoms with Crippen LogP contribution in [0.3, 0.4) is 0 Å². The second-order valence-electron chi connectivity index (χ2n) is 6.12. The number of hydrogen-bond donors (Lipinski definition) is 0. The Balaban J connectivity index is 1.52. The van der Waals surface area contributed by atoms with E-state index >= 15 is 0 Å². The molecular weight excluding hydrogens is 270 g/mol. The van der Waals surface area contributed by atoms with E-state index in [4.69, 9.17) is 0 Å². The third-order valence-corrected chi connectivity index (χ3v) is 4.59. The van der Waals surface area contributed by atoms with E-state index in [1.807, 2.05) is 24.5 Å². The summed E-state index contributed by atoms with van der Waals surface area (Å²) in [5, 5.41) is 0. The Morgan fingerprint density at radius 1 is 0.909 bits per heavy atom. The topological polar surface area (TPSA) is 29.0 Å². The second-order valence-corrected chi connectivity index (χ2v) is 6.12. The van der Waals surface area contributed by atoms with Gasteiger partial charge >= 0.3 is 0 Å². The highest BCUT2D eigenvalue weighted by Crippen LogP contribution is 2.21. The minimum Gasteiger partial charge on any atom is -0.300 e. The van der Waals surface area contributed by atoms with Crippen LogP contribution in [-0.4, -0.2) is 34.0 Å². The van der Waals surface area contributed by atoms with Gasteiger partial charge in [0.25, 0.3) is 0 Å². The second kappa shape index (κ2) is 8.04. The maximum Gasteiger partial charge on any atom is 0.0416 e. The summed E-state index contributed by atoms with van der Waals surface area (Å²) in [6.45, 7) is 2.36. The van der Waals surface area contributed by atoms with Crippen molar-refractivity contribution < 1.29 is 0 Å². The van der Waals surface area contributed by atoms with Crippen LogP contribution in [0.1, 0.15) is 37.1 Å². The number of pyridine rings is 2. The SMILES string of the molecule is c1ccc(CC[C@@H]2CCCCN2CCc2ccccn2)nc1. The molecule has 1 aliphatic rings. The van der Waals surface area contributed by atoms with Crippen LogP contribution in [0, 0.1) is 0 Å². The van der Waals surface area contributed by atoms with Crippen molar-refractivity contribution >= 4 is 0 Å². The summed E-state index contributed by atoms with van der Waals surface area (Å²) in [4.78, 5) is 11.6. The van der Waals surface area contributed by atoms with E-state index in [9.17, 15) is 0 Å². The van der Waals surface area contributed by atoms with Crippen molar-refractivity contribution in [2.45, 2.75) is 44.6 Å². The van der Waals surface area contributed by atoms with E-state index in [1.54, 1.807) is 0 Å². The number of hydrogen-bond acceptors (Lipinski definition) is 3. The highest BCUT2D eigenvalue weighted by atomic mass is 15.2. The quantitative estimate of drug-likeness (QED) is 0.816.